The fraction of sp³-hybridized carbons (Fsp3) is 0.475. The molecule has 0 saturated heterocycles. The molecular weight excluding hydrogens is 1070 g/mol. The van der Waals surface area contributed by atoms with Gasteiger partial charge in [-0.1, -0.05) is 141 Å². The van der Waals surface area contributed by atoms with E-state index in [0.29, 0.717) is 51.6 Å². The summed E-state index contributed by atoms with van der Waals surface area (Å²) < 4.78 is 38.3. The molecule has 7 heteroatoms. The molecule has 8 aromatic rings. The Balaban J connectivity index is 1.06. The van der Waals surface area contributed by atoms with Crippen LogP contribution in [0.5, 0.6) is 28.7 Å². The Bertz CT molecular complexity index is 3830. The van der Waals surface area contributed by atoms with Crippen molar-refractivity contribution in [3.63, 3.8) is 0 Å². The van der Waals surface area contributed by atoms with Crippen molar-refractivity contribution in [1.29, 1.82) is 0 Å². The van der Waals surface area contributed by atoms with E-state index in [0.717, 1.165) is 101 Å². The van der Waals surface area contributed by atoms with Crippen molar-refractivity contribution >= 4 is 21.8 Å². The predicted molar refractivity (Wildman–Crippen MR) is 363 cm³/mol. The highest BCUT2D eigenvalue weighted by Crippen LogP contribution is 2.53. The van der Waals surface area contributed by atoms with E-state index in [1.165, 1.54) is 57.9 Å². The van der Waals surface area contributed by atoms with Crippen molar-refractivity contribution in [3.8, 4) is 67.8 Å². The van der Waals surface area contributed by atoms with Crippen LogP contribution in [0.25, 0.3) is 60.9 Å². The van der Waals surface area contributed by atoms with Crippen LogP contribution in [0.1, 0.15) is 211 Å². The molecule has 7 aromatic carbocycles. The first kappa shape index (κ1) is 63.3. The number of aryl methyl sites for hydroxylation is 4. The van der Waals surface area contributed by atoms with Gasteiger partial charge >= 0.3 is 0 Å². The molecule has 1 aromatic heterocycles. The molecule has 10 rings (SSSR count). The monoisotopic (exact) mass is 1170 g/mol. The lowest BCUT2D eigenvalue weighted by atomic mass is 9.70. The van der Waals surface area contributed by atoms with E-state index >= 15 is 4.39 Å². The molecule has 0 atom stereocenters. The van der Waals surface area contributed by atoms with Crippen molar-refractivity contribution in [1.82, 2.24) is 4.57 Å². The van der Waals surface area contributed by atoms with Crippen LogP contribution < -0.4 is 14.2 Å². The molecule has 0 amide bonds. The SMILES string of the molecule is COc1cc(C)c(OCCCOc2c(C)cc(F)cc2-c2cc(C(C)(C)CC(C)(C)C)cc(-c3c4c(cc5c3CCCC5)CCCC4)c2O)c(-c2cc(C(C)(C)CC(C)(C)C)cc(-n3c4cc(C(C)(C)C)ccc4c4ccc(C(C)(C)C)cc43)c2O)c1. The minimum Gasteiger partial charge on any atom is -0.507 e. The Labute approximate surface area is 520 Å². The molecule has 0 radical (unpaired) electrons. The Hall–Kier alpha value is -6.73. The lowest BCUT2D eigenvalue weighted by Gasteiger charge is -2.35. The number of methoxy groups -OCH3 is 1. The first-order chi connectivity index (χ1) is 40.6. The van der Waals surface area contributed by atoms with Gasteiger partial charge < -0.3 is 29.0 Å². The van der Waals surface area contributed by atoms with E-state index in [1.54, 1.807) is 13.2 Å². The number of benzene rings is 7. The maximum absolute atomic E-state index is 16.1. The molecule has 0 fully saturated rings. The topological polar surface area (TPSA) is 73.1 Å². The molecule has 2 aliphatic rings. The fourth-order valence-corrected chi connectivity index (χ4v) is 15.1. The van der Waals surface area contributed by atoms with E-state index in [-0.39, 0.29) is 63.0 Å². The second-order valence-electron chi connectivity index (χ2n) is 31.8. The zero-order valence-corrected chi connectivity index (χ0v) is 56.3. The Kier molecular flexibility index (Phi) is 17.0. The number of hydrogen-bond acceptors (Lipinski definition) is 5. The molecule has 2 aliphatic carbocycles. The van der Waals surface area contributed by atoms with E-state index in [2.05, 4.69) is 182 Å². The lowest BCUT2D eigenvalue weighted by Crippen LogP contribution is -2.25. The van der Waals surface area contributed by atoms with Crippen molar-refractivity contribution in [2.24, 2.45) is 10.8 Å². The average molecular weight is 1170 g/mol. The summed E-state index contributed by atoms with van der Waals surface area (Å²) in [6.45, 7) is 41.0. The third-order valence-electron chi connectivity index (χ3n) is 18.8. The van der Waals surface area contributed by atoms with Gasteiger partial charge in [0.2, 0.25) is 0 Å². The van der Waals surface area contributed by atoms with Crippen LogP contribution in [0.2, 0.25) is 0 Å². The van der Waals surface area contributed by atoms with Gasteiger partial charge in [-0.05, 0) is 232 Å². The summed E-state index contributed by atoms with van der Waals surface area (Å²) in [6.07, 6.45) is 11.0. The van der Waals surface area contributed by atoms with Gasteiger partial charge in [0, 0.05) is 45.0 Å². The highest BCUT2D eigenvalue weighted by Gasteiger charge is 2.35. The maximum atomic E-state index is 16.1. The lowest BCUT2D eigenvalue weighted by molar-refractivity contribution is 0.246. The molecule has 87 heavy (non-hydrogen) atoms. The number of phenolic OH excluding ortho intramolecular Hbond substituents is 2. The second kappa shape index (κ2) is 23.3. The largest absolute Gasteiger partial charge is 0.507 e. The molecule has 1 heterocycles. The van der Waals surface area contributed by atoms with E-state index in [4.69, 9.17) is 14.2 Å². The van der Waals surface area contributed by atoms with Crippen molar-refractivity contribution in [2.45, 2.75) is 217 Å². The summed E-state index contributed by atoms with van der Waals surface area (Å²) in [5.41, 5.74) is 18.3. The molecule has 2 N–H and O–H groups in total. The van der Waals surface area contributed by atoms with Gasteiger partial charge in [0.15, 0.2) is 0 Å². The summed E-state index contributed by atoms with van der Waals surface area (Å²) in [7, 11) is 1.68. The number of halogens is 1. The third kappa shape index (κ3) is 12.9. The summed E-state index contributed by atoms with van der Waals surface area (Å²) in [4.78, 5) is 0. The summed E-state index contributed by atoms with van der Waals surface area (Å²) in [5, 5.41) is 28.6. The van der Waals surface area contributed by atoms with Crippen molar-refractivity contribution < 1.29 is 28.8 Å². The maximum Gasteiger partial charge on any atom is 0.147 e. The Morgan fingerprint density at radius 1 is 0.471 bits per heavy atom. The molecule has 6 nitrogen and oxygen atoms in total. The van der Waals surface area contributed by atoms with Crippen LogP contribution in [0.3, 0.4) is 0 Å². The zero-order chi connectivity index (χ0) is 63.1. The van der Waals surface area contributed by atoms with Crippen LogP contribution in [0.4, 0.5) is 4.39 Å². The zero-order valence-electron chi connectivity index (χ0n) is 56.3. The number of fused-ring (bicyclic) bond motifs is 5. The quantitative estimate of drug-likeness (QED) is 0.100. The second-order valence-corrected chi connectivity index (χ2v) is 31.8. The Morgan fingerprint density at radius 3 is 1.40 bits per heavy atom. The van der Waals surface area contributed by atoms with Crippen molar-refractivity contribution in [3.05, 3.63) is 152 Å². The average Bonchev–Trinajstić information content (AvgIpc) is 1.87. The molecule has 0 unspecified atom stereocenters. The minimum atomic E-state index is -0.379. The van der Waals surface area contributed by atoms with Gasteiger partial charge in [0.25, 0.3) is 0 Å². The highest BCUT2D eigenvalue weighted by atomic mass is 19.1. The van der Waals surface area contributed by atoms with Crippen LogP contribution in [-0.4, -0.2) is 35.1 Å². The molecular formula is C80H100FNO5. The van der Waals surface area contributed by atoms with Crippen LogP contribution >= 0.6 is 0 Å². The highest BCUT2D eigenvalue weighted by molar-refractivity contribution is 6.10. The number of hydrogen-bond donors (Lipinski definition) is 2. The van der Waals surface area contributed by atoms with Crippen molar-refractivity contribution in [2.75, 3.05) is 20.3 Å². The number of phenols is 2. The van der Waals surface area contributed by atoms with Crippen LogP contribution in [0.15, 0.2) is 91.0 Å². The number of nitrogens with zero attached hydrogens (tertiary/aromatic N) is 1. The molecule has 0 bridgehead atoms. The van der Waals surface area contributed by atoms with Gasteiger partial charge in [-0.25, -0.2) is 4.39 Å². The normalized spacial score (nSPS) is 14.4. The van der Waals surface area contributed by atoms with Crippen LogP contribution in [0, 0.1) is 30.5 Å². The third-order valence-corrected chi connectivity index (χ3v) is 18.8. The molecule has 462 valence electrons. The molecule has 0 saturated carbocycles. The summed E-state index contributed by atoms with van der Waals surface area (Å²) in [6, 6.07) is 31.9. The minimum absolute atomic E-state index is 0.00540. The van der Waals surface area contributed by atoms with E-state index in [1.807, 2.05) is 26.0 Å². The first-order valence-electron chi connectivity index (χ1n) is 32.4. The number of rotatable bonds is 15. The molecule has 0 aliphatic heterocycles. The van der Waals surface area contributed by atoms with Gasteiger partial charge in [-0.2, -0.15) is 0 Å². The Morgan fingerprint density at radius 2 is 0.920 bits per heavy atom. The van der Waals surface area contributed by atoms with Gasteiger partial charge in [0.1, 0.15) is 34.6 Å². The standard InChI is InChI=1S/C80H100FNO5/c1-48-35-56(81)44-64(62-38-54(79(15,16)46-75(3,4)5)40-66(71(62)83)70-58-27-22-20-25-50(58)37-51-26-21-23-28-59(51)70)73(48)86-33-24-34-87-74-49(2)36-57(85-19)45-65(74)63-39-55(80(17,18)47-76(6,7)8)43-69(72(63)84)82-67-41-52(77(9,10)11)29-31-60(67)61-32-30-53(42-68(61)82)78(12,13)14/h29-32,35-45,83-84H,20-28,33-34,46-47H2,1-19H3. The number of ether oxygens (including phenoxy) is 3. The summed E-state index contributed by atoms with van der Waals surface area (Å²) in [5.74, 6) is 1.79. The van der Waals surface area contributed by atoms with E-state index < -0.39 is 0 Å². The van der Waals surface area contributed by atoms with E-state index in [9.17, 15) is 10.2 Å². The summed E-state index contributed by atoms with van der Waals surface area (Å²) >= 11 is 0. The fourth-order valence-electron chi connectivity index (χ4n) is 15.1. The predicted octanol–water partition coefficient (Wildman–Crippen LogP) is 21.6. The number of aromatic nitrogens is 1. The van der Waals surface area contributed by atoms with Gasteiger partial charge in [-0.3, -0.25) is 0 Å². The smallest absolute Gasteiger partial charge is 0.147 e. The van der Waals surface area contributed by atoms with Crippen LogP contribution in [-0.2, 0) is 47.3 Å². The van der Waals surface area contributed by atoms with Gasteiger partial charge in [-0.15, -0.1) is 0 Å². The van der Waals surface area contributed by atoms with Gasteiger partial charge in [0.05, 0.1) is 37.0 Å². The molecule has 0 spiro atoms. The first-order valence-corrected chi connectivity index (χ1v) is 32.4. The number of aromatic hydroxyl groups is 2.